The number of fused-ring (bicyclic) bond motifs is 3. The second-order valence-electron chi connectivity index (χ2n) is 7.98. The van der Waals surface area contributed by atoms with Crippen molar-refractivity contribution in [1.82, 2.24) is 9.47 Å². The maximum Gasteiger partial charge on any atom is 0.341 e. The summed E-state index contributed by atoms with van der Waals surface area (Å²) < 4.78 is 36.3. The number of ether oxygens (including phenoxy) is 1. The number of aromatic nitrogens is 1. The minimum atomic E-state index is -1.42. The van der Waals surface area contributed by atoms with Gasteiger partial charge < -0.3 is 19.3 Å². The van der Waals surface area contributed by atoms with Crippen molar-refractivity contribution in [3.8, 4) is 5.75 Å². The molecule has 1 aromatic heterocycles. The van der Waals surface area contributed by atoms with Crippen molar-refractivity contribution in [2.75, 3.05) is 38.2 Å². The van der Waals surface area contributed by atoms with Crippen LogP contribution in [0.15, 0.2) is 17.1 Å². The Morgan fingerprint density at radius 3 is 2.72 bits per heavy atom. The van der Waals surface area contributed by atoms with Crippen LogP contribution in [-0.2, 0) is 0 Å². The summed E-state index contributed by atoms with van der Waals surface area (Å²) in [5, 5.41) is 9.29. The third kappa shape index (κ3) is 2.71. The Labute approximate surface area is 165 Å². The highest BCUT2D eigenvalue weighted by atomic mass is 19.1. The lowest BCUT2D eigenvalue weighted by Gasteiger charge is -2.37. The van der Waals surface area contributed by atoms with Gasteiger partial charge in [0.15, 0.2) is 11.6 Å². The van der Waals surface area contributed by atoms with Gasteiger partial charge in [-0.05, 0) is 12.5 Å². The van der Waals surface area contributed by atoms with Crippen LogP contribution < -0.4 is 15.1 Å². The zero-order valence-corrected chi connectivity index (χ0v) is 15.9. The summed E-state index contributed by atoms with van der Waals surface area (Å²) in [6, 6.07) is 0.625. The van der Waals surface area contributed by atoms with Crippen LogP contribution in [0, 0.1) is 5.82 Å². The monoisotopic (exact) mass is 405 g/mol. The number of piperazine rings is 1. The Hall–Kier alpha value is -2.68. The minimum Gasteiger partial charge on any atom is -0.492 e. The maximum atomic E-state index is 15.3. The predicted molar refractivity (Wildman–Crippen MR) is 102 cm³/mol. The summed E-state index contributed by atoms with van der Waals surface area (Å²) in [5.41, 5.74) is -0.784. The highest BCUT2D eigenvalue weighted by Gasteiger charge is 2.42. The number of pyridine rings is 1. The molecule has 29 heavy (non-hydrogen) atoms. The molecule has 0 amide bonds. The Morgan fingerprint density at radius 1 is 1.31 bits per heavy atom. The van der Waals surface area contributed by atoms with Gasteiger partial charge in [0.1, 0.15) is 17.4 Å². The fraction of sp³-hybridized carbons (Fsp3) is 0.500. The predicted octanol–water partition coefficient (Wildman–Crippen LogP) is 2.02. The Bertz CT molecular complexity index is 1090. The van der Waals surface area contributed by atoms with E-state index in [1.165, 1.54) is 11.7 Å². The van der Waals surface area contributed by atoms with Gasteiger partial charge in [0.25, 0.3) is 0 Å². The number of hydrogen-bond donors (Lipinski definition) is 1. The SMILES string of the molecule is COc1c(N2CCN3CCC2C3)c(F)cc2c(=O)c(C(=O)O)cn(C3CC3F)c12. The summed E-state index contributed by atoms with van der Waals surface area (Å²) in [6.45, 7) is 3.21. The molecule has 3 heterocycles. The highest BCUT2D eigenvalue weighted by molar-refractivity contribution is 5.97. The molecule has 1 aromatic carbocycles. The molecular weight excluding hydrogens is 384 g/mol. The van der Waals surface area contributed by atoms with Crippen molar-refractivity contribution in [1.29, 1.82) is 0 Å². The number of benzene rings is 1. The standard InChI is InChI=1S/C20H21F2N3O4/c1-29-19-16-11(18(26)12(20(27)28)9-25(16)15-7-13(15)21)6-14(22)17(19)24-5-4-23-3-2-10(24)8-23/h6,9-10,13,15H,2-5,7-8H2,1H3,(H,27,28). The van der Waals surface area contributed by atoms with Crippen LogP contribution in [0.25, 0.3) is 10.9 Å². The number of carbonyl (C=O) groups is 1. The van der Waals surface area contributed by atoms with Gasteiger partial charge in [0.05, 0.1) is 24.1 Å². The zero-order chi connectivity index (χ0) is 20.4. The molecule has 1 saturated carbocycles. The van der Waals surface area contributed by atoms with Crippen LogP contribution in [0.5, 0.6) is 5.75 Å². The van der Waals surface area contributed by atoms with Crippen LogP contribution in [-0.4, -0.2) is 66.0 Å². The molecule has 2 bridgehead atoms. The van der Waals surface area contributed by atoms with E-state index in [-0.39, 0.29) is 34.8 Å². The summed E-state index contributed by atoms with van der Waals surface area (Å²) in [4.78, 5) is 28.6. The van der Waals surface area contributed by atoms with Crippen molar-refractivity contribution < 1.29 is 23.4 Å². The van der Waals surface area contributed by atoms with Gasteiger partial charge in [-0.1, -0.05) is 0 Å². The van der Waals surface area contributed by atoms with Crippen LogP contribution in [0.3, 0.4) is 0 Å². The molecule has 4 unspecified atom stereocenters. The molecule has 7 nitrogen and oxygen atoms in total. The van der Waals surface area contributed by atoms with Gasteiger partial charge in [-0.2, -0.15) is 0 Å². The Balaban J connectivity index is 1.80. The van der Waals surface area contributed by atoms with E-state index >= 15 is 4.39 Å². The topological polar surface area (TPSA) is 75.0 Å². The Kier molecular flexibility index (Phi) is 4.06. The molecule has 2 aliphatic heterocycles. The van der Waals surface area contributed by atoms with Gasteiger partial charge in [-0.25, -0.2) is 13.6 Å². The molecule has 2 saturated heterocycles. The number of carboxylic acid groups (broad SMARTS) is 1. The van der Waals surface area contributed by atoms with E-state index in [1.54, 1.807) is 0 Å². The average molecular weight is 405 g/mol. The first-order chi connectivity index (χ1) is 13.9. The third-order valence-corrected chi connectivity index (χ3v) is 6.30. The molecule has 4 atom stereocenters. The van der Waals surface area contributed by atoms with Crippen LogP contribution in [0.2, 0.25) is 0 Å². The quantitative estimate of drug-likeness (QED) is 0.839. The molecular formula is C20H21F2N3O4. The lowest BCUT2D eigenvalue weighted by molar-refractivity contribution is 0.0694. The molecule has 0 spiro atoms. The van der Waals surface area contributed by atoms with Crippen LogP contribution in [0.4, 0.5) is 14.5 Å². The number of carboxylic acids is 1. The van der Waals surface area contributed by atoms with E-state index in [4.69, 9.17) is 4.74 Å². The van der Waals surface area contributed by atoms with Gasteiger partial charge >= 0.3 is 5.97 Å². The molecule has 1 N–H and O–H groups in total. The summed E-state index contributed by atoms with van der Waals surface area (Å²) >= 11 is 0. The third-order valence-electron chi connectivity index (χ3n) is 6.30. The number of anilines is 1. The Morgan fingerprint density at radius 2 is 2.07 bits per heavy atom. The molecule has 154 valence electrons. The number of aromatic carboxylic acids is 1. The van der Waals surface area contributed by atoms with E-state index in [0.29, 0.717) is 6.54 Å². The van der Waals surface area contributed by atoms with Gasteiger partial charge in [-0.15, -0.1) is 0 Å². The first-order valence-electron chi connectivity index (χ1n) is 9.72. The van der Waals surface area contributed by atoms with Gasteiger partial charge in [-0.3, -0.25) is 9.69 Å². The molecule has 9 heteroatoms. The summed E-state index contributed by atoms with van der Waals surface area (Å²) in [6.07, 6.45) is 1.14. The second-order valence-corrected chi connectivity index (χ2v) is 7.98. The summed E-state index contributed by atoms with van der Waals surface area (Å²) in [7, 11) is 1.39. The van der Waals surface area contributed by atoms with E-state index in [9.17, 15) is 19.1 Å². The minimum absolute atomic E-state index is 0.104. The van der Waals surface area contributed by atoms with E-state index in [2.05, 4.69) is 4.90 Å². The lowest BCUT2D eigenvalue weighted by atomic mass is 10.1. The first-order valence-corrected chi connectivity index (χ1v) is 9.72. The fourth-order valence-electron chi connectivity index (χ4n) is 4.75. The zero-order valence-electron chi connectivity index (χ0n) is 15.9. The number of methoxy groups -OCH3 is 1. The second kappa shape index (κ2) is 6.41. The fourth-order valence-corrected chi connectivity index (χ4v) is 4.75. The number of rotatable bonds is 4. The molecule has 1 aliphatic carbocycles. The maximum absolute atomic E-state index is 15.3. The normalized spacial score (nSPS) is 28.0. The van der Waals surface area contributed by atoms with Crippen molar-refractivity contribution >= 4 is 22.6 Å². The number of alkyl halides is 1. The van der Waals surface area contributed by atoms with E-state index in [1.807, 2.05) is 4.90 Å². The van der Waals surface area contributed by atoms with Gasteiger partial charge in [0, 0.05) is 44.8 Å². The molecule has 3 fully saturated rings. The average Bonchev–Trinajstić information content (AvgIpc) is 3.30. The largest absolute Gasteiger partial charge is 0.492 e. The summed E-state index contributed by atoms with van der Waals surface area (Å²) in [5.74, 6) is -1.89. The molecule has 0 radical (unpaired) electrons. The molecule has 2 aromatic rings. The van der Waals surface area contributed by atoms with Crippen molar-refractivity contribution in [3.63, 3.8) is 0 Å². The van der Waals surface area contributed by atoms with Crippen LogP contribution >= 0.6 is 0 Å². The highest BCUT2D eigenvalue weighted by Crippen LogP contribution is 2.46. The lowest BCUT2D eigenvalue weighted by Crippen LogP contribution is -2.47. The smallest absolute Gasteiger partial charge is 0.341 e. The van der Waals surface area contributed by atoms with Crippen molar-refractivity contribution in [2.24, 2.45) is 0 Å². The van der Waals surface area contributed by atoms with Crippen LogP contribution in [0.1, 0.15) is 29.2 Å². The molecule has 3 aliphatic rings. The number of halogens is 2. The number of hydrogen-bond acceptors (Lipinski definition) is 5. The van der Waals surface area contributed by atoms with Crippen molar-refractivity contribution in [3.05, 3.63) is 33.9 Å². The van der Waals surface area contributed by atoms with Gasteiger partial charge in [0.2, 0.25) is 5.43 Å². The van der Waals surface area contributed by atoms with E-state index in [0.717, 1.165) is 38.3 Å². The number of nitrogens with zero attached hydrogens (tertiary/aromatic N) is 3. The van der Waals surface area contributed by atoms with Crippen molar-refractivity contribution in [2.45, 2.75) is 31.1 Å². The van der Waals surface area contributed by atoms with E-state index < -0.39 is 35.0 Å². The molecule has 5 rings (SSSR count). The first kappa shape index (κ1) is 18.4.